The summed E-state index contributed by atoms with van der Waals surface area (Å²) in [6.07, 6.45) is 0.865. The number of rotatable bonds is 1. The van der Waals surface area contributed by atoms with Gasteiger partial charge < -0.3 is 5.73 Å². The molecule has 1 saturated carbocycles. The second-order valence-electron chi connectivity index (χ2n) is 3.07. The molecule has 0 amide bonds. The maximum atomic E-state index is 12.7. The van der Waals surface area contributed by atoms with E-state index in [2.05, 4.69) is 0 Å². The second-order valence-corrected chi connectivity index (χ2v) is 3.07. The number of hydrogen-bond donors (Lipinski definition) is 1. The highest BCUT2D eigenvalue weighted by atomic mass is 19.1. The van der Waals surface area contributed by atoms with Crippen molar-refractivity contribution < 1.29 is 4.39 Å². The summed E-state index contributed by atoms with van der Waals surface area (Å²) < 4.78 is 12.7. The largest absolute Gasteiger partial charge is 0.327 e. The van der Waals surface area contributed by atoms with Gasteiger partial charge in [0, 0.05) is 12.0 Å². The highest BCUT2D eigenvalue weighted by molar-refractivity contribution is 4.99. The summed E-state index contributed by atoms with van der Waals surface area (Å²) in [5.41, 5.74) is 4.37. The van der Waals surface area contributed by atoms with Crippen molar-refractivity contribution in [2.45, 2.75) is 32.0 Å². The zero-order valence-electron chi connectivity index (χ0n) is 5.32. The molecule has 0 bridgehead atoms. The van der Waals surface area contributed by atoms with Gasteiger partial charge in [0.05, 0.1) is 0 Å². The molecule has 2 atom stereocenters. The highest BCUT2D eigenvalue weighted by Crippen LogP contribution is 2.40. The summed E-state index contributed by atoms with van der Waals surface area (Å²) in [7, 11) is 0. The van der Waals surface area contributed by atoms with Gasteiger partial charge in [-0.15, -0.1) is 0 Å². The fraction of sp³-hybridized carbons (Fsp3) is 1.00. The standard InChI is InChI=1S/C6H12FN/c1-6(2,7)4-3-5(4)8/h4-5H,3,8H2,1-2H3/t4-,5-/m1/s1. The molecule has 0 spiro atoms. The average Bonchev–Trinajstić information content (AvgIpc) is 2.13. The number of hydrogen-bond acceptors (Lipinski definition) is 1. The van der Waals surface area contributed by atoms with E-state index in [-0.39, 0.29) is 12.0 Å². The lowest BCUT2D eigenvalue weighted by Crippen LogP contribution is -2.20. The van der Waals surface area contributed by atoms with Gasteiger partial charge in [-0.25, -0.2) is 4.39 Å². The molecule has 0 aliphatic heterocycles. The fourth-order valence-electron chi connectivity index (χ4n) is 1.00. The van der Waals surface area contributed by atoms with E-state index in [0.717, 1.165) is 6.42 Å². The summed E-state index contributed by atoms with van der Waals surface area (Å²) in [5, 5.41) is 0. The third-order valence-corrected chi connectivity index (χ3v) is 1.72. The summed E-state index contributed by atoms with van der Waals surface area (Å²) in [6, 6.07) is 0.134. The maximum absolute atomic E-state index is 12.7. The van der Waals surface area contributed by atoms with Gasteiger partial charge in [0.15, 0.2) is 0 Å². The van der Waals surface area contributed by atoms with Crippen molar-refractivity contribution in [1.29, 1.82) is 0 Å². The first-order chi connectivity index (χ1) is 3.52. The quantitative estimate of drug-likeness (QED) is 0.546. The third kappa shape index (κ3) is 0.996. The summed E-state index contributed by atoms with van der Waals surface area (Å²) >= 11 is 0. The molecule has 1 aliphatic carbocycles. The van der Waals surface area contributed by atoms with Crippen molar-refractivity contribution in [1.82, 2.24) is 0 Å². The molecule has 2 N–H and O–H groups in total. The summed E-state index contributed by atoms with van der Waals surface area (Å²) in [6.45, 7) is 3.18. The summed E-state index contributed by atoms with van der Waals surface area (Å²) in [5.74, 6) is 0.127. The lowest BCUT2D eigenvalue weighted by molar-refractivity contribution is 0.180. The Kier molecular flexibility index (Phi) is 1.08. The minimum atomic E-state index is -1.04. The van der Waals surface area contributed by atoms with Crippen LogP contribution in [0.25, 0.3) is 0 Å². The molecule has 1 rings (SSSR count). The van der Waals surface area contributed by atoms with E-state index in [1.165, 1.54) is 0 Å². The van der Waals surface area contributed by atoms with E-state index in [9.17, 15) is 4.39 Å². The topological polar surface area (TPSA) is 26.0 Å². The molecule has 0 radical (unpaired) electrons. The van der Waals surface area contributed by atoms with E-state index >= 15 is 0 Å². The molecule has 8 heavy (non-hydrogen) atoms. The lowest BCUT2D eigenvalue weighted by Gasteiger charge is -2.11. The predicted octanol–water partition coefficient (Wildman–Crippen LogP) is 1.08. The Labute approximate surface area is 49.1 Å². The summed E-state index contributed by atoms with van der Waals surface area (Å²) in [4.78, 5) is 0. The van der Waals surface area contributed by atoms with Crippen LogP contribution in [0.1, 0.15) is 20.3 Å². The van der Waals surface area contributed by atoms with Crippen LogP contribution in [0.15, 0.2) is 0 Å². The molecule has 0 unspecified atom stereocenters. The van der Waals surface area contributed by atoms with Gasteiger partial charge in [-0.1, -0.05) is 0 Å². The Morgan fingerprint density at radius 3 is 2.00 bits per heavy atom. The van der Waals surface area contributed by atoms with Gasteiger partial charge >= 0.3 is 0 Å². The van der Waals surface area contributed by atoms with E-state index in [1.54, 1.807) is 13.8 Å². The van der Waals surface area contributed by atoms with Crippen molar-refractivity contribution in [3.63, 3.8) is 0 Å². The van der Waals surface area contributed by atoms with Crippen molar-refractivity contribution in [3.8, 4) is 0 Å². The first kappa shape index (κ1) is 6.02. The van der Waals surface area contributed by atoms with E-state index in [0.29, 0.717) is 0 Å². The van der Waals surface area contributed by atoms with Gasteiger partial charge in [0.2, 0.25) is 0 Å². The smallest absolute Gasteiger partial charge is 0.109 e. The molecule has 0 aromatic heterocycles. The number of nitrogens with two attached hydrogens (primary N) is 1. The van der Waals surface area contributed by atoms with Crippen LogP contribution in [0.5, 0.6) is 0 Å². The molecular formula is C6H12FN. The monoisotopic (exact) mass is 117 g/mol. The van der Waals surface area contributed by atoms with Crippen LogP contribution in [0.2, 0.25) is 0 Å². The molecular weight excluding hydrogens is 105 g/mol. The lowest BCUT2D eigenvalue weighted by atomic mass is 10.1. The molecule has 0 aromatic carbocycles. The van der Waals surface area contributed by atoms with Crippen LogP contribution in [-0.4, -0.2) is 11.7 Å². The molecule has 1 fully saturated rings. The Morgan fingerprint density at radius 2 is 2.00 bits per heavy atom. The van der Waals surface area contributed by atoms with Gasteiger partial charge in [-0.05, 0) is 20.3 Å². The van der Waals surface area contributed by atoms with Gasteiger partial charge in [0.1, 0.15) is 5.67 Å². The van der Waals surface area contributed by atoms with Gasteiger partial charge in [-0.2, -0.15) is 0 Å². The van der Waals surface area contributed by atoms with Crippen LogP contribution >= 0.6 is 0 Å². The van der Waals surface area contributed by atoms with Crippen molar-refractivity contribution in [2.24, 2.45) is 11.7 Å². The zero-order valence-corrected chi connectivity index (χ0v) is 5.32. The molecule has 2 heteroatoms. The van der Waals surface area contributed by atoms with Crippen molar-refractivity contribution in [2.75, 3.05) is 0 Å². The van der Waals surface area contributed by atoms with Crippen molar-refractivity contribution in [3.05, 3.63) is 0 Å². The fourth-order valence-corrected chi connectivity index (χ4v) is 1.00. The minimum absolute atomic E-state index is 0.127. The Balaban J connectivity index is 2.39. The first-order valence-corrected chi connectivity index (χ1v) is 2.96. The third-order valence-electron chi connectivity index (χ3n) is 1.72. The second kappa shape index (κ2) is 1.44. The first-order valence-electron chi connectivity index (χ1n) is 2.96. The molecule has 1 nitrogen and oxygen atoms in total. The Morgan fingerprint density at radius 1 is 1.62 bits per heavy atom. The highest BCUT2D eigenvalue weighted by Gasteiger charge is 2.45. The van der Waals surface area contributed by atoms with Crippen LogP contribution in [-0.2, 0) is 0 Å². The molecule has 48 valence electrons. The van der Waals surface area contributed by atoms with E-state index in [4.69, 9.17) is 5.73 Å². The van der Waals surface area contributed by atoms with Gasteiger partial charge in [0.25, 0.3) is 0 Å². The van der Waals surface area contributed by atoms with E-state index < -0.39 is 5.67 Å². The van der Waals surface area contributed by atoms with Gasteiger partial charge in [-0.3, -0.25) is 0 Å². The molecule has 0 heterocycles. The van der Waals surface area contributed by atoms with Crippen LogP contribution in [0, 0.1) is 5.92 Å². The average molecular weight is 117 g/mol. The van der Waals surface area contributed by atoms with Crippen molar-refractivity contribution >= 4 is 0 Å². The number of alkyl halides is 1. The molecule has 1 aliphatic rings. The normalized spacial score (nSPS) is 37.5. The Bertz CT molecular complexity index is 95.2. The SMILES string of the molecule is CC(C)(F)[C@@H]1C[C@H]1N. The molecule has 0 saturated heterocycles. The van der Waals surface area contributed by atoms with E-state index in [1.807, 2.05) is 0 Å². The zero-order chi connectivity index (χ0) is 6.36. The minimum Gasteiger partial charge on any atom is -0.327 e. The molecule has 0 aromatic rings. The maximum Gasteiger partial charge on any atom is 0.109 e. The van der Waals surface area contributed by atoms with Crippen LogP contribution in [0.4, 0.5) is 4.39 Å². The predicted molar refractivity (Wildman–Crippen MR) is 31.3 cm³/mol. The Hall–Kier alpha value is -0.110. The van der Waals surface area contributed by atoms with Crippen LogP contribution in [0.3, 0.4) is 0 Å². The van der Waals surface area contributed by atoms with Crippen LogP contribution < -0.4 is 5.73 Å². The number of halogens is 1.